The molecule has 6 heteroatoms. The molecule has 1 amide bonds. The van der Waals surface area contributed by atoms with Crippen LogP contribution in [0.15, 0.2) is 47.6 Å². The number of nitrogens with one attached hydrogen (secondary N) is 1. The van der Waals surface area contributed by atoms with E-state index in [9.17, 15) is 4.79 Å². The molecule has 1 heterocycles. The van der Waals surface area contributed by atoms with Crippen molar-refractivity contribution in [2.45, 2.75) is 12.7 Å². The van der Waals surface area contributed by atoms with Gasteiger partial charge >= 0.3 is 0 Å². The number of aryl methyl sites for hydroxylation is 1. The minimum Gasteiger partial charge on any atom is -0.454 e. The Morgan fingerprint density at radius 1 is 1.25 bits per heavy atom. The number of benzene rings is 2. The van der Waals surface area contributed by atoms with Crippen molar-refractivity contribution >= 4 is 23.9 Å². The smallest absolute Gasteiger partial charge is 0.250 e. The van der Waals surface area contributed by atoms with E-state index in [1.165, 1.54) is 11.1 Å². The summed E-state index contributed by atoms with van der Waals surface area (Å²) in [6.07, 6.45) is 1.59. The molecule has 0 spiro atoms. The van der Waals surface area contributed by atoms with E-state index in [0.717, 1.165) is 17.1 Å². The molecule has 2 aromatic carbocycles. The third kappa shape index (κ3) is 4.29. The van der Waals surface area contributed by atoms with Gasteiger partial charge in [0.05, 0.1) is 12.0 Å². The van der Waals surface area contributed by atoms with Crippen LogP contribution in [0.5, 0.6) is 11.5 Å². The van der Waals surface area contributed by atoms with Gasteiger partial charge in [0.25, 0.3) is 0 Å². The molecule has 0 radical (unpaired) electrons. The van der Waals surface area contributed by atoms with Gasteiger partial charge in [0.15, 0.2) is 11.5 Å². The number of ether oxygens (including phenoxy) is 2. The largest absolute Gasteiger partial charge is 0.454 e. The Kier molecular flexibility index (Phi) is 5.38. The molecule has 24 heavy (non-hydrogen) atoms. The van der Waals surface area contributed by atoms with Gasteiger partial charge in [0.1, 0.15) is 0 Å². The summed E-state index contributed by atoms with van der Waals surface area (Å²) >= 11 is 1.57. The summed E-state index contributed by atoms with van der Waals surface area (Å²) in [7, 11) is 0. The zero-order chi connectivity index (χ0) is 16.8. The molecule has 124 valence electrons. The van der Waals surface area contributed by atoms with Crippen LogP contribution in [-0.2, 0) is 10.5 Å². The lowest BCUT2D eigenvalue weighted by Gasteiger charge is -2.04. The monoisotopic (exact) mass is 342 g/mol. The highest BCUT2D eigenvalue weighted by molar-refractivity contribution is 7.99. The number of thioether (sulfide) groups is 1. The van der Waals surface area contributed by atoms with E-state index in [1.54, 1.807) is 18.0 Å². The zero-order valence-electron chi connectivity index (χ0n) is 13.3. The van der Waals surface area contributed by atoms with Crippen molar-refractivity contribution in [3.8, 4) is 11.5 Å². The lowest BCUT2D eigenvalue weighted by atomic mass is 10.1. The van der Waals surface area contributed by atoms with Gasteiger partial charge in [-0.1, -0.05) is 24.3 Å². The molecule has 0 aliphatic carbocycles. The summed E-state index contributed by atoms with van der Waals surface area (Å²) < 4.78 is 10.5. The van der Waals surface area contributed by atoms with Crippen molar-refractivity contribution in [2.24, 2.45) is 5.10 Å². The lowest BCUT2D eigenvalue weighted by molar-refractivity contribution is -0.118. The van der Waals surface area contributed by atoms with Crippen LogP contribution < -0.4 is 14.9 Å². The molecular formula is C18H18N2O3S. The van der Waals surface area contributed by atoms with Gasteiger partial charge in [-0.25, -0.2) is 5.43 Å². The van der Waals surface area contributed by atoms with Gasteiger partial charge < -0.3 is 9.47 Å². The van der Waals surface area contributed by atoms with E-state index in [2.05, 4.69) is 29.6 Å². The molecule has 1 aliphatic rings. The Hall–Kier alpha value is -2.47. The van der Waals surface area contributed by atoms with E-state index < -0.39 is 0 Å². The second kappa shape index (κ2) is 7.88. The van der Waals surface area contributed by atoms with Crippen LogP contribution in [0.4, 0.5) is 0 Å². The molecule has 1 N–H and O–H groups in total. The normalized spacial score (nSPS) is 12.5. The average molecular weight is 342 g/mol. The molecule has 0 saturated heterocycles. The first-order chi connectivity index (χ1) is 11.7. The Balaban J connectivity index is 1.43. The van der Waals surface area contributed by atoms with Crippen LogP contribution >= 0.6 is 11.8 Å². The van der Waals surface area contributed by atoms with Gasteiger partial charge in [-0.3, -0.25) is 4.79 Å². The zero-order valence-corrected chi connectivity index (χ0v) is 14.1. The molecule has 0 fully saturated rings. The quantitative estimate of drug-likeness (QED) is 0.647. The molecule has 5 nitrogen and oxygen atoms in total. The van der Waals surface area contributed by atoms with Crippen LogP contribution in [0, 0.1) is 6.92 Å². The molecule has 3 rings (SSSR count). The topological polar surface area (TPSA) is 59.9 Å². The molecule has 0 bridgehead atoms. The highest BCUT2D eigenvalue weighted by atomic mass is 32.2. The van der Waals surface area contributed by atoms with Crippen LogP contribution in [0.3, 0.4) is 0 Å². The predicted octanol–water partition coefficient (Wildman–Crippen LogP) is 3.11. The molecule has 2 aromatic rings. The minimum absolute atomic E-state index is 0.120. The van der Waals surface area contributed by atoms with Crippen LogP contribution in [0.1, 0.15) is 16.7 Å². The lowest BCUT2D eigenvalue weighted by Crippen LogP contribution is -2.19. The summed E-state index contributed by atoms with van der Waals surface area (Å²) in [6.45, 7) is 2.32. The molecule has 0 aromatic heterocycles. The number of carbonyl (C=O) groups excluding carboxylic acids is 1. The second-order valence-electron chi connectivity index (χ2n) is 5.33. The fourth-order valence-electron chi connectivity index (χ4n) is 2.23. The average Bonchev–Trinajstić information content (AvgIpc) is 3.04. The Morgan fingerprint density at radius 3 is 2.96 bits per heavy atom. The van der Waals surface area contributed by atoms with Crippen molar-refractivity contribution in [1.29, 1.82) is 0 Å². The van der Waals surface area contributed by atoms with Gasteiger partial charge in [-0.15, -0.1) is 11.8 Å². The Bertz CT molecular complexity index is 762. The van der Waals surface area contributed by atoms with E-state index in [0.29, 0.717) is 11.5 Å². The number of fused-ring (bicyclic) bond motifs is 1. The Labute approximate surface area is 145 Å². The SMILES string of the molecule is Cc1ccccc1CSCC(=O)N/N=C\c1ccc2c(c1)OCO2. The number of carbonyl (C=O) groups is 1. The summed E-state index contributed by atoms with van der Waals surface area (Å²) in [5, 5.41) is 3.98. The highest BCUT2D eigenvalue weighted by Crippen LogP contribution is 2.31. The van der Waals surface area contributed by atoms with E-state index in [1.807, 2.05) is 30.3 Å². The molecule has 1 aliphatic heterocycles. The summed E-state index contributed by atoms with van der Waals surface area (Å²) in [4.78, 5) is 11.8. The number of amides is 1. The van der Waals surface area contributed by atoms with E-state index in [4.69, 9.17) is 9.47 Å². The van der Waals surface area contributed by atoms with Gasteiger partial charge in [-0.05, 0) is 41.8 Å². The third-order valence-corrected chi connectivity index (χ3v) is 4.53. The standard InChI is InChI=1S/C18H18N2O3S/c1-13-4-2-3-5-15(13)10-24-11-18(21)20-19-9-14-6-7-16-17(8-14)23-12-22-16/h2-9H,10-12H2,1H3,(H,20,21)/b19-9-. The molecular weight excluding hydrogens is 324 g/mol. The maximum absolute atomic E-state index is 11.8. The van der Waals surface area contributed by atoms with Crippen molar-refractivity contribution < 1.29 is 14.3 Å². The summed E-state index contributed by atoms with van der Waals surface area (Å²) in [6, 6.07) is 13.7. The maximum Gasteiger partial charge on any atom is 0.250 e. The fourth-order valence-corrected chi connectivity index (χ4v) is 3.13. The third-order valence-electron chi connectivity index (χ3n) is 3.55. The predicted molar refractivity (Wildman–Crippen MR) is 95.6 cm³/mol. The van der Waals surface area contributed by atoms with E-state index >= 15 is 0 Å². The first kappa shape index (κ1) is 16.4. The molecule has 0 atom stereocenters. The van der Waals surface area contributed by atoms with E-state index in [-0.39, 0.29) is 12.7 Å². The molecule has 0 unspecified atom stereocenters. The first-order valence-corrected chi connectivity index (χ1v) is 8.71. The van der Waals surface area contributed by atoms with Crippen molar-refractivity contribution in [1.82, 2.24) is 5.43 Å². The van der Waals surface area contributed by atoms with Gasteiger partial charge in [0, 0.05) is 5.75 Å². The van der Waals surface area contributed by atoms with Gasteiger partial charge in [0.2, 0.25) is 12.7 Å². The van der Waals surface area contributed by atoms with Crippen LogP contribution in [0.2, 0.25) is 0 Å². The maximum atomic E-state index is 11.8. The number of hydrogen-bond donors (Lipinski definition) is 1. The van der Waals surface area contributed by atoms with Crippen molar-refractivity contribution in [2.75, 3.05) is 12.5 Å². The van der Waals surface area contributed by atoms with Crippen LogP contribution in [-0.4, -0.2) is 24.7 Å². The fraction of sp³-hybridized carbons (Fsp3) is 0.222. The summed E-state index contributed by atoms with van der Waals surface area (Å²) in [5.41, 5.74) is 5.87. The number of nitrogens with zero attached hydrogens (tertiary/aromatic N) is 1. The Morgan fingerprint density at radius 2 is 2.08 bits per heavy atom. The number of rotatable bonds is 6. The molecule has 0 saturated carbocycles. The van der Waals surface area contributed by atoms with Gasteiger partial charge in [-0.2, -0.15) is 5.10 Å². The number of hydrogen-bond acceptors (Lipinski definition) is 5. The summed E-state index contributed by atoms with van der Waals surface area (Å²) in [5.74, 6) is 2.48. The number of hydrazone groups is 1. The van der Waals surface area contributed by atoms with Crippen molar-refractivity contribution in [3.05, 3.63) is 59.2 Å². The highest BCUT2D eigenvalue weighted by Gasteiger charge is 2.12. The van der Waals surface area contributed by atoms with Crippen LogP contribution in [0.25, 0.3) is 0 Å². The minimum atomic E-state index is -0.120. The first-order valence-electron chi connectivity index (χ1n) is 7.56. The van der Waals surface area contributed by atoms with Crippen molar-refractivity contribution in [3.63, 3.8) is 0 Å². The second-order valence-corrected chi connectivity index (χ2v) is 6.31.